The second-order valence-electron chi connectivity index (χ2n) is 7.45. The van der Waals surface area contributed by atoms with Gasteiger partial charge in [0.15, 0.2) is 0 Å². The van der Waals surface area contributed by atoms with Crippen molar-refractivity contribution in [2.75, 3.05) is 44.7 Å². The fourth-order valence-electron chi connectivity index (χ4n) is 4.05. The van der Waals surface area contributed by atoms with Gasteiger partial charge in [-0.2, -0.15) is 11.8 Å². The predicted octanol–water partition coefficient (Wildman–Crippen LogP) is 3.91. The van der Waals surface area contributed by atoms with Crippen LogP contribution in [0.2, 0.25) is 0 Å². The summed E-state index contributed by atoms with van der Waals surface area (Å²) in [6.45, 7) is 4.74. The van der Waals surface area contributed by atoms with Crippen molar-refractivity contribution in [1.29, 1.82) is 0 Å². The monoisotopic (exact) mass is 350 g/mol. The molecule has 0 N–H and O–H groups in total. The van der Waals surface area contributed by atoms with E-state index in [1.165, 1.54) is 62.9 Å². The fraction of sp³-hybridized carbons (Fsp3) is 0.700. The van der Waals surface area contributed by atoms with Crippen LogP contribution in [-0.4, -0.2) is 60.6 Å². The highest BCUT2D eigenvalue weighted by Gasteiger charge is 2.24. The summed E-state index contributed by atoms with van der Waals surface area (Å²) >= 11 is 2.11. The molecule has 0 bridgehead atoms. The van der Waals surface area contributed by atoms with Crippen molar-refractivity contribution in [3.63, 3.8) is 0 Å². The maximum atomic E-state index is 13.2. The minimum Gasteiger partial charge on any atom is -0.303 e. The van der Waals surface area contributed by atoms with Gasteiger partial charge in [-0.3, -0.25) is 0 Å². The Hall–Kier alpha value is -0.580. The average Bonchev–Trinajstić information content (AvgIpc) is 2.62. The molecular weight excluding hydrogens is 319 g/mol. The van der Waals surface area contributed by atoms with E-state index in [-0.39, 0.29) is 5.82 Å². The molecule has 2 saturated heterocycles. The fourth-order valence-corrected chi connectivity index (χ4v) is 5.14. The van der Waals surface area contributed by atoms with E-state index in [4.69, 9.17) is 0 Å². The second kappa shape index (κ2) is 9.21. The lowest BCUT2D eigenvalue weighted by Crippen LogP contribution is -2.42. The Balaban J connectivity index is 1.36. The molecule has 2 nitrogen and oxygen atoms in total. The SMILES string of the molecule is CN(CC1CCN(CCc2cccc(F)c2)CC1)C1CCSCC1. The van der Waals surface area contributed by atoms with Crippen LogP contribution in [0.5, 0.6) is 0 Å². The predicted molar refractivity (Wildman–Crippen MR) is 102 cm³/mol. The Bertz CT molecular complexity index is 496. The topological polar surface area (TPSA) is 6.48 Å². The third-order valence-corrected chi connectivity index (χ3v) is 6.72. The van der Waals surface area contributed by atoms with Crippen molar-refractivity contribution < 1.29 is 4.39 Å². The van der Waals surface area contributed by atoms with Gasteiger partial charge >= 0.3 is 0 Å². The van der Waals surface area contributed by atoms with Gasteiger partial charge in [-0.05, 0) is 87.4 Å². The van der Waals surface area contributed by atoms with Gasteiger partial charge in [0.1, 0.15) is 5.82 Å². The number of thioether (sulfide) groups is 1. The first-order valence-corrected chi connectivity index (χ1v) is 10.6. The summed E-state index contributed by atoms with van der Waals surface area (Å²) < 4.78 is 13.2. The number of rotatable bonds is 6. The molecule has 2 aliphatic rings. The van der Waals surface area contributed by atoms with Crippen molar-refractivity contribution >= 4 is 11.8 Å². The quantitative estimate of drug-likeness (QED) is 0.768. The van der Waals surface area contributed by atoms with Crippen LogP contribution >= 0.6 is 11.8 Å². The summed E-state index contributed by atoms with van der Waals surface area (Å²) in [5, 5.41) is 0. The van der Waals surface area contributed by atoms with Gasteiger partial charge in [0.05, 0.1) is 0 Å². The van der Waals surface area contributed by atoms with Crippen LogP contribution in [0.25, 0.3) is 0 Å². The van der Waals surface area contributed by atoms with Crippen molar-refractivity contribution in [2.24, 2.45) is 5.92 Å². The smallest absolute Gasteiger partial charge is 0.123 e. The maximum absolute atomic E-state index is 13.2. The molecule has 0 radical (unpaired) electrons. The van der Waals surface area contributed by atoms with Gasteiger partial charge in [-0.1, -0.05) is 12.1 Å². The van der Waals surface area contributed by atoms with E-state index < -0.39 is 0 Å². The molecule has 0 unspecified atom stereocenters. The first kappa shape index (κ1) is 18.2. The van der Waals surface area contributed by atoms with Crippen molar-refractivity contribution in [3.05, 3.63) is 35.6 Å². The van der Waals surface area contributed by atoms with Crippen LogP contribution in [-0.2, 0) is 6.42 Å². The van der Waals surface area contributed by atoms with Crippen molar-refractivity contribution in [3.8, 4) is 0 Å². The second-order valence-corrected chi connectivity index (χ2v) is 8.67. The first-order valence-electron chi connectivity index (χ1n) is 9.45. The number of nitrogens with zero attached hydrogens (tertiary/aromatic N) is 2. The van der Waals surface area contributed by atoms with E-state index in [1.54, 1.807) is 6.07 Å². The molecule has 1 aromatic carbocycles. The molecule has 0 atom stereocenters. The Labute approximate surface area is 150 Å². The number of hydrogen-bond acceptors (Lipinski definition) is 3. The minimum atomic E-state index is -0.115. The summed E-state index contributed by atoms with van der Waals surface area (Å²) in [5.41, 5.74) is 1.12. The highest BCUT2D eigenvalue weighted by Crippen LogP contribution is 2.24. The Kier molecular flexibility index (Phi) is 6.99. The summed E-state index contributed by atoms with van der Waals surface area (Å²) in [6, 6.07) is 7.86. The number of benzene rings is 1. The Morgan fingerprint density at radius 3 is 2.62 bits per heavy atom. The molecule has 2 heterocycles. The molecular formula is C20H31FN2S. The van der Waals surface area contributed by atoms with Crippen LogP contribution in [0.15, 0.2) is 24.3 Å². The molecule has 2 fully saturated rings. The number of likely N-dealkylation sites (tertiary alicyclic amines) is 1. The van der Waals surface area contributed by atoms with Crippen LogP contribution < -0.4 is 0 Å². The first-order chi connectivity index (χ1) is 11.7. The van der Waals surface area contributed by atoms with Crippen LogP contribution in [0, 0.1) is 11.7 Å². The van der Waals surface area contributed by atoms with E-state index >= 15 is 0 Å². The summed E-state index contributed by atoms with van der Waals surface area (Å²) in [6.07, 6.45) is 6.33. The number of piperidine rings is 1. The zero-order valence-electron chi connectivity index (χ0n) is 14.9. The van der Waals surface area contributed by atoms with Crippen LogP contribution in [0.3, 0.4) is 0 Å². The van der Waals surface area contributed by atoms with Gasteiger partial charge in [-0.15, -0.1) is 0 Å². The molecule has 0 saturated carbocycles. The molecule has 1 aromatic rings. The van der Waals surface area contributed by atoms with Gasteiger partial charge in [0.25, 0.3) is 0 Å². The molecule has 0 amide bonds. The lowest BCUT2D eigenvalue weighted by molar-refractivity contribution is 0.132. The molecule has 24 heavy (non-hydrogen) atoms. The van der Waals surface area contributed by atoms with Crippen molar-refractivity contribution in [2.45, 2.75) is 38.1 Å². The standard InChI is InChI=1S/C20H31FN2S/c1-22(20-8-13-24-14-9-20)16-18-6-11-23(12-7-18)10-5-17-3-2-4-19(21)15-17/h2-4,15,18,20H,5-14,16H2,1H3. The Morgan fingerprint density at radius 1 is 1.17 bits per heavy atom. The van der Waals surface area contributed by atoms with E-state index in [2.05, 4.69) is 28.6 Å². The van der Waals surface area contributed by atoms with E-state index in [9.17, 15) is 4.39 Å². The zero-order chi connectivity index (χ0) is 16.8. The van der Waals surface area contributed by atoms with Gasteiger partial charge in [-0.25, -0.2) is 4.39 Å². The zero-order valence-corrected chi connectivity index (χ0v) is 15.7. The molecule has 134 valence electrons. The van der Waals surface area contributed by atoms with Crippen LogP contribution in [0.4, 0.5) is 4.39 Å². The highest BCUT2D eigenvalue weighted by molar-refractivity contribution is 7.99. The summed E-state index contributed by atoms with van der Waals surface area (Å²) in [4.78, 5) is 5.19. The van der Waals surface area contributed by atoms with Crippen molar-refractivity contribution in [1.82, 2.24) is 9.80 Å². The Morgan fingerprint density at radius 2 is 1.92 bits per heavy atom. The normalized spacial score (nSPS) is 21.5. The number of hydrogen-bond donors (Lipinski definition) is 0. The maximum Gasteiger partial charge on any atom is 0.123 e. The third kappa shape index (κ3) is 5.47. The molecule has 0 aromatic heterocycles. The van der Waals surface area contributed by atoms with Gasteiger partial charge in [0.2, 0.25) is 0 Å². The van der Waals surface area contributed by atoms with Gasteiger partial charge < -0.3 is 9.80 Å². The van der Waals surface area contributed by atoms with Crippen LogP contribution in [0.1, 0.15) is 31.2 Å². The van der Waals surface area contributed by atoms with Gasteiger partial charge in [0, 0.05) is 19.1 Å². The van der Waals surface area contributed by atoms with E-state index in [0.717, 1.165) is 30.5 Å². The molecule has 3 rings (SSSR count). The minimum absolute atomic E-state index is 0.115. The lowest BCUT2D eigenvalue weighted by Gasteiger charge is -2.37. The summed E-state index contributed by atoms with van der Waals surface area (Å²) in [5.74, 6) is 3.42. The third-order valence-electron chi connectivity index (χ3n) is 5.67. The molecule has 2 aliphatic heterocycles. The average molecular weight is 351 g/mol. The molecule has 0 spiro atoms. The highest BCUT2D eigenvalue weighted by atomic mass is 32.2. The van der Waals surface area contributed by atoms with E-state index in [1.807, 2.05) is 12.1 Å². The molecule has 0 aliphatic carbocycles. The lowest BCUT2D eigenvalue weighted by atomic mass is 9.95. The summed E-state index contributed by atoms with van der Waals surface area (Å²) in [7, 11) is 2.33. The largest absolute Gasteiger partial charge is 0.303 e. The van der Waals surface area contributed by atoms with E-state index in [0.29, 0.717) is 0 Å². The molecule has 4 heteroatoms. The number of halogens is 1.